The summed E-state index contributed by atoms with van der Waals surface area (Å²) in [5, 5.41) is 0. The molecule has 0 amide bonds. The van der Waals surface area contributed by atoms with E-state index < -0.39 is 0 Å². The van der Waals surface area contributed by atoms with Gasteiger partial charge >= 0.3 is 0 Å². The predicted octanol–water partition coefficient (Wildman–Crippen LogP) is 8.99. The third kappa shape index (κ3) is 6.02. The zero-order valence-corrected chi connectivity index (χ0v) is 22.8. The maximum Gasteiger partial charge on any atom is 0.200 e. The fourth-order valence-electron chi connectivity index (χ4n) is 6.29. The van der Waals surface area contributed by atoms with Gasteiger partial charge in [-0.1, -0.05) is 113 Å². The Bertz CT molecular complexity index is 1110. The summed E-state index contributed by atoms with van der Waals surface area (Å²) in [4.78, 5) is 0. The molecule has 2 aliphatic rings. The van der Waals surface area contributed by atoms with Gasteiger partial charge in [0.2, 0.25) is 0 Å². The molecule has 3 aromatic rings. The van der Waals surface area contributed by atoms with E-state index >= 15 is 0 Å². The summed E-state index contributed by atoms with van der Waals surface area (Å²) < 4.78 is 13.3. The minimum absolute atomic E-state index is 0.162. The van der Waals surface area contributed by atoms with Crippen molar-refractivity contribution < 1.29 is 9.47 Å². The monoisotopic (exact) mass is 494 g/mol. The summed E-state index contributed by atoms with van der Waals surface area (Å²) in [7, 11) is 0. The molecule has 5 atom stereocenters. The van der Waals surface area contributed by atoms with Crippen molar-refractivity contribution in [3.8, 4) is 5.75 Å². The van der Waals surface area contributed by atoms with Crippen LogP contribution >= 0.6 is 0 Å². The van der Waals surface area contributed by atoms with E-state index in [1.807, 2.05) is 0 Å². The molecule has 2 heteroatoms. The number of ether oxygens (including phenoxy) is 2. The highest BCUT2D eigenvalue weighted by Gasteiger charge is 2.46. The molecule has 5 unspecified atom stereocenters. The maximum atomic E-state index is 6.72. The lowest BCUT2D eigenvalue weighted by molar-refractivity contribution is -0.108. The van der Waals surface area contributed by atoms with Crippen LogP contribution in [0.25, 0.3) is 0 Å². The Morgan fingerprint density at radius 1 is 0.784 bits per heavy atom. The summed E-state index contributed by atoms with van der Waals surface area (Å²) in [6, 6.07) is 30.1. The lowest BCUT2D eigenvalue weighted by Gasteiger charge is -2.35. The largest absolute Gasteiger partial charge is 0.465 e. The molecule has 37 heavy (non-hydrogen) atoms. The van der Waals surface area contributed by atoms with Crippen LogP contribution in [0.1, 0.15) is 75.5 Å². The minimum atomic E-state index is -0.291. The first-order valence-electron chi connectivity index (χ1n) is 14.1. The SMILES string of the molecule is CC(C)C(C)c1ccc(OC(CC2(C)CC3C=CC2C3)OCC(c2ccccc2)c2ccccc2)cc1. The Kier molecular flexibility index (Phi) is 7.86. The van der Waals surface area contributed by atoms with Gasteiger partial charge < -0.3 is 9.47 Å². The van der Waals surface area contributed by atoms with Crippen molar-refractivity contribution >= 4 is 0 Å². The number of rotatable bonds is 11. The molecule has 5 rings (SSSR count). The van der Waals surface area contributed by atoms with Gasteiger partial charge in [0.1, 0.15) is 5.75 Å². The molecule has 0 N–H and O–H groups in total. The fourth-order valence-corrected chi connectivity index (χ4v) is 6.29. The lowest BCUT2D eigenvalue weighted by atomic mass is 9.75. The third-order valence-electron chi connectivity index (χ3n) is 8.95. The molecule has 2 aliphatic carbocycles. The Balaban J connectivity index is 1.36. The molecule has 0 heterocycles. The Morgan fingerprint density at radius 2 is 1.41 bits per heavy atom. The van der Waals surface area contributed by atoms with Gasteiger partial charge in [0.25, 0.3) is 0 Å². The molecular formula is C35H42O2. The van der Waals surface area contributed by atoms with E-state index in [2.05, 4.69) is 125 Å². The summed E-state index contributed by atoms with van der Waals surface area (Å²) in [5.41, 5.74) is 4.12. The van der Waals surface area contributed by atoms with Crippen molar-refractivity contribution in [1.82, 2.24) is 0 Å². The summed E-state index contributed by atoms with van der Waals surface area (Å²) in [6.07, 6.45) is 7.97. The van der Waals surface area contributed by atoms with Crippen LogP contribution in [-0.2, 0) is 4.74 Å². The van der Waals surface area contributed by atoms with E-state index in [0.717, 1.165) is 12.2 Å². The maximum absolute atomic E-state index is 6.72. The molecule has 1 saturated carbocycles. The van der Waals surface area contributed by atoms with E-state index in [9.17, 15) is 0 Å². The summed E-state index contributed by atoms with van der Waals surface area (Å²) in [5.74, 6) is 3.53. The number of hydrogen-bond donors (Lipinski definition) is 0. The molecule has 0 spiro atoms. The Hall–Kier alpha value is -2.84. The zero-order valence-electron chi connectivity index (χ0n) is 22.8. The number of fused-ring (bicyclic) bond motifs is 2. The first kappa shape index (κ1) is 25.8. The van der Waals surface area contributed by atoms with Crippen LogP contribution in [0.5, 0.6) is 5.75 Å². The quantitative estimate of drug-likeness (QED) is 0.196. The first-order chi connectivity index (χ1) is 17.9. The smallest absolute Gasteiger partial charge is 0.200 e. The van der Waals surface area contributed by atoms with E-state index in [4.69, 9.17) is 9.47 Å². The van der Waals surface area contributed by atoms with Crippen molar-refractivity contribution in [3.05, 3.63) is 114 Å². The number of allylic oxidation sites excluding steroid dienone is 2. The van der Waals surface area contributed by atoms with Gasteiger partial charge in [0.15, 0.2) is 6.29 Å². The summed E-state index contributed by atoms with van der Waals surface area (Å²) >= 11 is 0. The minimum Gasteiger partial charge on any atom is -0.465 e. The van der Waals surface area contributed by atoms with Gasteiger partial charge in [0.05, 0.1) is 6.61 Å². The fraction of sp³-hybridized carbons (Fsp3) is 0.429. The number of hydrogen-bond acceptors (Lipinski definition) is 2. The van der Waals surface area contributed by atoms with Crippen LogP contribution in [-0.4, -0.2) is 12.9 Å². The second-order valence-corrected chi connectivity index (χ2v) is 11.9. The molecule has 2 bridgehead atoms. The van der Waals surface area contributed by atoms with E-state index in [-0.39, 0.29) is 17.6 Å². The lowest BCUT2D eigenvalue weighted by Crippen LogP contribution is -2.33. The second kappa shape index (κ2) is 11.3. The molecule has 194 valence electrons. The average molecular weight is 495 g/mol. The van der Waals surface area contributed by atoms with Crippen LogP contribution in [0, 0.1) is 23.2 Å². The normalized spacial score (nSPS) is 24.1. The molecule has 2 nitrogen and oxygen atoms in total. The van der Waals surface area contributed by atoms with Crippen LogP contribution in [0.4, 0.5) is 0 Å². The van der Waals surface area contributed by atoms with Crippen LogP contribution < -0.4 is 4.74 Å². The summed E-state index contributed by atoms with van der Waals surface area (Å²) in [6.45, 7) is 9.86. The molecule has 3 aromatic carbocycles. The van der Waals surface area contributed by atoms with Crippen molar-refractivity contribution in [2.75, 3.05) is 6.61 Å². The number of benzene rings is 3. The Morgan fingerprint density at radius 3 is 1.92 bits per heavy atom. The van der Waals surface area contributed by atoms with Crippen molar-refractivity contribution in [1.29, 1.82) is 0 Å². The predicted molar refractivity (Wildman–Crippen MR) is 153 cm³/mol. The van der Waals surface area contributed by atoms with Gasteiger partial charge in [-0.3, -0.25) is 0 Å². The van der Waals surface area contributed by atoms with Gasteiger partial charge in [0, 0.05) is 12.3 Å². The zero-order chi connectivity index (χ0) is 25.8. The molecule has 0 saturated heterocycles. The molecule has 0 radical (unpaired) electrons. The van der Waals surface area contributed by atoms with Crippen LogP contribution in [0.3, 0.4) is 0 Å². The molecular weight excluding hydrogens is 452 g/mol. The van der Waals surface area contributed by atoms with E-state index in [0.29, 0.717) is 30.3 Å². The van der Waals surface area contributed by atoms with Crippen LogP contribution in [0.2, 0.25) is 0 Å². The van der Waals surface area contributed by atoms with Gasteiger partial charge in [-0.2, -0.15) is 0 Å². The van der Waals surface area contributed by atoms with Crippen molar-refractivity contribution in [2.45, 2.75) is 65.1 Å². The Labute approximate surface area is 223 Å². The highest BCUT2D eigenvalue weighted by Crippen LogP contribution is 2.54. The standard InChI is InChI=1S/C35H42O2/c1-25(2)26(3)28-16-19-32(20-17-28)37-34(23-35(4)22-27-15-18-31(35)21-27)36-24-33(29-11-7-5-8-12-29)30-13-9-6-10-14-30/h5-20,25-27,31,33-34H,21-24H2,1-4H3. The van der Waals surface area contributed by atoms with Crippen molar-refractivity contribution in [2.24, 2.45) is 23.2 Å². The highest BCUT2D eigenvalue weighted by atomic mass is 16.7. The molecule has 0 aliphatic heterocycles. The first-order valence-corrected chi connectivity index (χ1v) is 14.1. The molecule has 1 fully saturated rings. The van der Waals surface area contributed by atoms with Gasteiger partial charge in [-0.25, -0.2) is 0 Å². The third-order valence-corrected chi connectivity index (χ3v) is 8.95. The van der Waals surface area contributed by atoms with Gasteiger partial charge in [-0.05, 0) is 70.8 Å². The average Bonchev–Trinajstić information content (AvgIpc) is 3.51. The van der Waals surface area contributed by atoms with Gasteiger partial charge in [-0.15, -0.1) is 0 Å². The molecule has 0 aromatic heterocycles. The van der Waals surface area contributed by atoms with E-state index in [1.165, 1.54) is 29.5 Å². The van der Waals surface area contributed by atoms with E-state index in [1.54, 1.807) is 0 Å². The highest BCUT2D eigenvalue weighted by molar-refractivity contribution is 5.33. The second-order valence-electron chi connectivity index (χ2n) is 11.9. The van der Waals surface area contributed by atoms with Crippen molar-refractivity contribution in [3.63, 3.8) is 0 Å². The topological polar surface area (TPSA) is 18.5 Å². The van der Waals surface area contributed by atoms with Crippen LogP contribution in [0.15, 0.2) is 97.1 Å².